The predicted molar refractivity (Wildman–Crippen MR) is 87.9 cm³/mol. The molecule has 1 aromatic rings. The summed E-state index contributed by atoms with van der Waals surface area (Å²) in [6.45, 7) is 4.31. The highest BCUT2D eigenvalue weighted by Crippen LogP contribution is 2.30. The summed E-state index contributed by atoms with van der Waals surface area (Å²) in [5.74, 6) is -1.91. The Kier molecular flexibility index (Phi) is 6.19. The quantitative estimate of drug-likeness (QED) is 0.675. The van der Waals surface area contributed by atoms with E-state index in [1.54, 1.807) is 19.9 Å². The Balaban J connectivity index is 2.00. The number of carbonyl (C=O) groups is 3. The molecule has 1 unspecified atom stereocenters. The molecule has 25 heavy (non-hydrogen) atoms. The van der Waals surface area contributed by atoms with Crippen molar-refractivity contribution in [3.8, 4) is 0 Å². The van der Waals surface area contributed by atoms with Crippen LogP contribution in [0, 0.1) is 11.3 Å². The molecule has 0 aliphatic carbocycles. The van der Waals surface area contributed by atoms with Crippen molar-refractivity contribution in [1.82, 2.24) is 10.6 Å². The normalized spacial score (nSPS) is 17.7. The van der Waals surface area contributed by atoms with E-state index in [1.807, 2.05) is 0 Å². The highest BCUT2D eigenvalue weighted by Gasteiger charge is 2.41. The first-order chi connectivity index (χ1) is 11.9. The molecule has 0 aromatic carbocycles. The number of hydrogen-bond donors (Lipinski definition) is 3. The third-order valence-corrected chi connectivity index (χ3v) is 4.49. The van der Waals surface area contributed by atoms with Crippen LogP contribution in [0.5, 0.6) is 0 Å². The van der Waals surface area contributed by atoms with Crippen LogP contribution in [0.15, 0.2) is 22.8 Å². The lowest BCUT2D eigenvalue weighted by atomic mass is 9.80. The van der Waals surface area contributed by atoms with Gasteiger partial charge in [-0.05, 0) is 30.9 Å². The van der Waals surface area contributed by atoms with Gasteiger partial charge in [0.15, 0.2) is 5.76 Å². The molecule has 8 nitrogen and oxygen atoms in total. The maximum atomic E-state index is 12.5. The Morgan fingerprint density at radius 2 is 1.96 bits per heavy atom. The molecule has 0 saturated carbocycles. The molecule has 1 aromatic heterocycles. The van der Waals surface area contributed by atoms with Gasteiger partial charge in [0.1, 0.15) is 6.04 Å². The Hall–Kier alpha value is -2.35. The highest BCUT2D eigenvalue weighted by atomic mass is 16.5. The number of furan rings is 1. The summed E-state index contributed by atoms with van der Waals surface area (Å²) in [5.41, 5.74) is -1.03. The monoisotopic (exact) mass is 352 g/mol. The number of nitrogens with one attached hydrogen (secondary N) is 2. The van der Waals surface area contributed by atoms with Crippen molar-refractivity contribution in [2.75, 3.05) is 19.8 Å². The van der Waals surface area contributed by atoms with Gasteiger partial charge in [-0.2, -0.15) is 0 Å². The topological polar surface area (TPSA) is 118 Å². The second-order valence-corrected chi connectivity index (χ2v) is 6.59. The maximum Gasteiger partial charge on any atom is 0.311 e. The summed E-state index contributed by atoms with van der Waals surface area (Å²) in [4.78, 5) is 36.3. The third-order valence-electron chi connectivity index (χ3n) is 4.49. The minimum atomic E-state index is -1.03. The van der Waals surface area contributed by atoms with Crippen LogP contribution in [-0.4, -0.2) is 48.7 Å². The van der Waals surface area contributed by atoms with Gasteiger partial charge in [0, 0.05) is 19.8 Å². The number of rotatable bonds is 7. The number of hydrogen-bond acceptors (Lipinski definition) is 5. The SMILES string of the molecule is CC(C)C(NC(=O)c1ccco1)C(=O)NCC1(C(=O)O)CCOCC1. The molecule has 8 heteroatoms. The Morgan fingerprint density at radius 3 is 2.48 bits per heavy atom. The van der Waals surface area contributed by atoms with Gasteiger partial charge in [-0.15, -0.1) is 0 Å². The van der Waals surface area contributed by atoms with E-state index in [0.717, 1.165) is 0 Å². The largest absolute Gasteiger partial charge is 0.481 e. The first-order valence-corrected chi connectivity index (χ1v) is 8.29. The van der Waals surface area contributed by atoms with Crippen LogP contribution in [0.1, 0.15) is 37.2 Å². The lowest BCUT2D eigenvalue weighted by Crippen LogP contribution is -2.53. The number of carbonyl (C=O) groups excluding carboxylic acids is 2. The van der Waals surface area contributed by atoms with Gasteiger partial charge < -0.3 is 24.9 Å². The van der Waals surface area contributed by atoms with Crippen molar-refractivity contribution in [2.24, 2.45) is 11.3 Å². The van der Waals surface area contributed by atoms with Gasteiger partial charge in [0.05, 0.1) is 11.7 Å². The molecule has 1 fully saturated rings. The van der Waals surface area contributed by atoms with Gasteiger partial charge in [-0.25, -0.2) is 0 Å². The highest BCUT2D eigenvalue weighted by molar-refractivity contribution is 5.95. The molecular weight excluding hydrogens is 328 g/mol. The van der Waals surface area contributed by atoms with Crippen molar-refractivity contribution >= 4 is 17.8 Å². The zero-order valence-corrected chi connectivity index (χ0v) is 14.4. The third kappa shape index (κ3) is 4.60. The molecule has 0 bridgehead atoms. The molecule has 3 N–H and O–H groups in total. The van der Waals surface area contributed by atoms with E-state index in [-0.39, 0.29) is 18.2 Å². The summed E-state index contributed by atoms with van der Waals surface area (Å²) in [6.07, 6.45) is 2.06. The average Bonchev–Trinajstić information content (AvgIpc) is 3.12. The molecule has 2 amide bonds. The van der Waals surface area contributed by atoms with Crippen LogP contribution in [-0.2, 0) is 14.3 Å². The number of amides is 2. The zero-order chi connectivity index (χ0) is 18.4. The van der Waals surface area contributed by atoms with Gasteiger partial charge in [-0.1, -0.05) is 13.8 Å². The molecule has 2 heterocycles. The van der Waals surface area contributed by atoms with E-state index >= 15 is 0 Å². The summed E-state index contributed by atoms with van der Waals surface area (Å²) >= 11 is 0. The number of aliphatic carboxylic acids is 1. The molecule has 1 atom stereocenters. The summed E-state index contributed by atoms with van der Waals surface area (Å²) < 4.78 is 10.2. The predicted octanol–water partition coefficient (Wildman–Crippen LogP) is 1.03. The lowest BCUT2D eigenvalue weighted by Gasteiger charge is -2.33. The van der Waals surface area contributed by atoms with E-state index in [2.05, 4.69) is 10.6 Å². The standard InChI is InChI=1S/C17H24N2O6/c1-11(2)13(19-14(20)12-4-3-7-25-12)15(21)18-10-17(16(22)23)5-8-24-9-6-17/h3-4,7,11,13H,5-6,8-10H2,1-2H3,(H,18,21)(H,19,20)(H,22,23). The first kappa shape index (κ1) is 19.0. The van der Waals surface area contributed by atoms with E-state index in [0.29, 0.717) is 26.1 Å². The smallest absolute Gasteiger partial charge is 0.311 e. The van der Waals surface area contributed by atoms with Gasteiger partial charge in [0.25, 0.3) is 5.91 Å². The minimum absolute atomic E-state index is 0.00433. The fourth-order valence-corrected chi connectivity index (χ4v) is 2.75. The van der Waals surface area contributed by atoms with Crippen LogP contribution in [0.3, 0.4) is 0 Å². The summed E-state index contributed by atoms with van der Waals surface area (Å²) in [5, 5.41) is 14.8. The minimum Gasteiger partial charge on any atom is -0.481 e. The van der Waals surface area contributed by atoms with Crippen molar-refractivity contribution < 1.29 is 28.6 Å². The van der Waals surface area contributed by atoms with E-state index in [4.69, 9.17) is 9.15 Å². The van der Waals surface area contributed by atoms with Crippen LogP contribution in [0.4, 0.5) is 0 Å². The summed E-state index contributed by atoms with van der Waals surface area (Å²) in [7, 11) is 0. The molecule has 1 aliphatic rings. The van der Waals surface area contributed by atoms with Crippen LogP contribution < -0.4 is 10.6 Å². The van der Waals surface area contributed by atoms with Crippen molar-refractivity contribution in [3.05, 3.63) is 24.2 Å². The number of ether oxygens (including phenoxy) is 1. The first-order valence-electron chi connectivity index (χ1n) is 8.29. The Bertz CT molecular complexity index is 605. The fraction of sp³-hybridized carbons (Fsp3) is 0.588. The zero-order valence-electron chi connectivity index (χ0n) is 14.4. The average molecular weight is 352 g/mol. The van der Waals surface area contributed by atoms with E-state index < -0.39 is 29.2 Å². The van der Waals surface area contributed by atoms with Gasteiger partial charge in [-0.3, -0.25) is 14.4 Å². The molecule has 1 aliphatic heterocycles. The van der Waals surface area contributed by atoms with Gasteiger partial charge in [0.2, 0.25) is 5.91 Å². The van der Waals surface area contributed by atoms with Crippen LogP contribution >= 0.6 is 0 Å². The van der Waals surface area contributed by atoms with Crippen molar-refractivity contribution in [2.45, 2.75) is 32.7 Å². The van der Waals surface area contributed by atoms with E-state index in [9.17, 15) is 19.5 Å². The molecular formula is C17H24N2O6. The van der Waals surface area contributed by atoms with Crippen LogP contribution in [0.25, 0.3) is 0 Å². The Labute approximate surface area is 145 Å². The molecule has 0 radical (unpaired) electrons. The summed E-state index contributed by atoms with van der Waals surface area (Å²) in [6, 6.07) is 2.30. The second kappa shape index (κ2) is 8.15. The fourth-order valence-electron chi connectivity index (χ4n) is 2.75. The molecule has 1 saturated heterocycles. The van der Waals surface area contributed by atoms with Crippen LogP contribution in [0.2, 0.25) is 0 Å². The second-order valence-electron chi connectivity index (χ2n) is 6.59. The molecule has 2 rings (SSSR count). The molecule has 138 valence electrons. The van der Waals surface area contributed by atoms with Crippen molar-refractivity contribution in [1.29, 1.82) is 0 Å². The van der Waals surface area contributed by atoms with Gasteiger partial charge >= 0.3 is 5.97 Å². The number of carboxylic acids is 1. The maximum absolute atomic E-state index is 12.5. The molecule has 0 spiro atoms. The number of carboxylic acid groups (broad SMARTS) is 1. The van der Waals surface area contributed by atoms with Crippen molar-refractivity contribution in [3.63, 3.8) is 0 Å². The Morgan fingerprint density at radius 1 is 1.28 bits per heavy atom. The van der Waals surface area contributed by atoms with E-state index in [1.165, 1.54) is 12.3 Å². The lowest BCUT2D eigenvalue weighted by molar-refractivity contribution is -0.154.